The summed E-state index contributed by atoms with van der Waals surface area (Å²) in [6.45, 7) is 6.52. The van der Waals surface area contributed by atoms with Gasteiger partial charge in [0.05, 0.1) is 0 Å². The molecule has 1 saturated heterocycles. The van der Waals surface area contributed by atoms with E-state index in [0.717, 1.165) is 12.8 Å². The number of nitrogens with one attached hydrogen (secondary N) is 1. The van der Waals surface area contributed by atoms with Crippen molar-refractivity contribution >= 4 is 22.0 Å². The van der Waals surface area contributed by atoms with E-state index in [-0.39, 0.29) is 10.9 Å². The first-order valence-electron chi connectivity index (χ1n) is 8.35. The molecule has 1 atom stereocenters. The van der Waals surface area contributed by atoms with Crippen LogP contribution in [0.5, 0.6) is 0 Å². The molecule has 1 N–H and O–H groups in total. The van der Waals surface area contributed by atoms with E-state index in [9.17, 15) is 13.2 Å². The van der Waals surface area contributed by atoms with Crippen molar-refractivity contribution in [1.82, 2.24) is 10.2 Å². The number of ether oxygens (including phenoxy) is 1. The minimum atomic E-state index is -3.64. The van der Waals surface area contributed by atoms with E-state index in [2.05, 4.69) is 9.71 Å². The Morgan fingerprint density at radius 2 is 2.08 bits per heavy atom. The number of hydrogen-bond donors (Lipinski definition) is 1. The molecule has 0 bridgehead atoms. The summed E-state index contributed by atoms with van der Waals surface area (Å²) >= 11 is 0. The second kappa shape index (κ2) is 6.33. The van der Waals surface area contributed by atoms with Gasteiger partial charge in [-0.1, -0.05) is 12.1 Å². The molecule has 0 radical (unpaired) electrons. The van der Waals surface area contributed by atoms with Gasteiger partial charge in [-0.25, -0.2) is 4.79 Å². The van der Waals surface area contributed by atoms with Crippen molar-refractivity contribution in [2.45, 2.75) is 50.2 Å². The zero-order chi connectivity index (χ0) is 18.2. The number of likely N-dealkylation sites (tertiary alicyclic amines) is 1. The van der Waals surface area contributed by atoms with Gasteiger partial charge in [-0.2, -0.15) is 8.42 Å². The number of rotatable bonds is 2. The lowest BCUT2D eigenvalue weighted by atomic mass is 10.1. The molecule has 7 nitrogen and oxygen atoms in total. The number of sulfonamides is 1. The average molecular weight is 365 g/mol. The smallest absolute Gasteiger partial charge is 0.407 e. The Morgan fingerprint density at radius 3 is 2.80 bits per heavy atom. The van der Waals surface area contributed by atoms with E-state index < -0.39 is 21.7 Å². The Bertz CT molecular complexity index is 811. The van der Waals surface area contributed by atoms with Crippen molar-refractivity contribution in [3.05, 3.63) is 29.8 Å². The van der Waals surface area contributed by atoms with Crippen LogP contribution in [0.1, 0.15) is 39.2 Å². The van der Waals surface area contributed by atoms with Crippen molar-refractivity contribution in [3.63, 3.8) is 0 Å². The fourth-order valence-corrected chi connectivity index (χ4v) is 4.35. The number of amides is 1. The van der Waals surface area contributed by atoms with Gasteiger partial charge in [0.1, 0.15) is 10.5 Å². The maximum absolute atomic E-state index is 12.2. The highest BCUT2D eigenvalue weighted by atomic mass is 32.2. The minimum Gasteiger partial charge on any atom is -0.444 e. The van der Waals surface area contributed by atoms with E-state index >= 15 is 0 Å². The number of carbonyl (C=O) groups excluding carboxylic acids is 1. The van der Waals surface area contributed by atoms with E-state index in [0.29, 0.717) is 24.5 Å². The Balaban J connectivity index is 1.74. The molecule has 1 fully saturated rings. The van der Waals surface area contributed by atoms with E-state index in [1.807, 2.05) is 25.7 Å². The van der Waals surface area contributed by atoms with Gasteiger partial charge in [-0.3, -0.25) is 0 Å². The summed E-state index contributed by atoms with van der Waals surface area (Å²) < 4.78 is 33.7. The highest BCUT2D eigenvalue weighted by Gasteiger charge is 2.36. The lowest BCUT2D eigenvalue weighted by molar-refractivity contribution is 0.0518. The first-order valence-corrected chi connectivity index (χ1v) is 9.79. The standard InChI is InChI=1S/C17H23N3O4S/c1-17(2,3)24-16(21)18-11-12-7-6-10-20(12)15-13-8-4-5-9-14(13)25(22,23)19-15/h4-5,8-9,12H,6-7,10-11H2,1-3H3,(H,18,21)/t12-/m1/s1. The van der Waals surface area contributed by atoms with E-state index in [4.69, 9.17) is 4.74 Å². The van der Waals surface area contributed by atoms with Crippen LogP contribution in [0.25, 0.3) is 0 Å². The molecule has 0 unspecified atom stereocenters. The number of hydrogen-bond acceptors (Lipinski definition) is 5. The van der Waals surface area contributed by atoms with Crippen LogP contribution in [0.4, 0.5) is 4.79 Å². The number of benzene rings is 1. The highest BCUT2D eigenvalue weighted by Crippen LogP contribution is 2.30. The largest absolute Gasteiger partial charge is 0.444 e. The normalized spacial score (nSPS) is 21.6. The van der Waals surface area contributed by atoms with Crippen molar-refractivity contribution in [1.29, 1.82) is 0 Å². The van der Waals surface area contributed by atoms with Gasteiger partial charge >= 0.3 is 6.09 Å². The number of nitrogens with zero attached hydrogens (tertiary/aromatic N) is 2. The predicted molar refractivity (Wildman–Crippen MR) is 94.1 cm³/mol. The first kappa shape index (κ1) is 17.7. The highest BCUT2D eigenvalue weighted by molar-refractivity contribution is 7.90. The lowest BCUT2D eigenvalue weighted by Gasteiger charge is -2.27. The topological polar surface area (TPSA) is 88.1 Å². The number of carbonyl (C=O) groups is 1. The van der Waals surface area contributed by atoms with Crippen molar-refractivity contribution in [3.8, 4) is 0 Å². The van der Waals surface area contributed by atoms with Gasteiger partial charge in [0, 0.05) is 24.7 Å². The second-order valence-electron chi connectivity index (χ2n) is 7.26. The molecule has 0 aliphatic carbocycles. The van der Waals surface area contributed by atoms with Crippen LogP contribution in [-0.4, -0.2) is 50.0 Å². The Hall–Kier alpha value is -2.09. The molecule has 0 aromatic heterocycles. The zero-order valence-corrected chi connectivity index (χ0v) is 15.5. The minimum absolute atomic E-state index is 0.00683. The van der Waals surface area contributed by atoms with Crippen molar-refractivity contribution in [2.75, 3.05) is 13.1 Å². The van der Waals surface area contributed by atoms with Gasteiger partial charge in [-0.05, 0) is 45.7 Å². The fourth-order valence-electron chi connectivity index (χ4n) is 3.14. The van der Waals surface area contributed by atoms with Crippen LogP contribution < -0.4 is 5.32 Å². The molecule has 1 aromatic rings. The SMILES string of the molecule is CC(C)(C)OC(=O)NC[C@H]1CCCN1C1=NS(=O)(=O)c2ccccc21. The molecule has 1 aromatic carbocycles. The molecule has 136 valence electrons. The molecule has 25 heavy (non-hydrogen) atoms. The molecule has 0 saturated carbocycles. The zero-order valence-electron chi connectivity index (χ0n) is 14.7. The molecule has 8 heteroatoms. The number of alkyl carbamates (subject to hydrolysis) is 1. The summed E-state index contributed by atoms with van der Waals surface area (Å²) in [5.41, 5.74) is 0.0776. The van der Waals surface area contributed by atoms with Crippen LogP contribution in [-0.2, 0) is 14.8 Å². The predicted octanol–water partition coefficient (Wildman–Crippen LogP) is 2.12. The molecular weight excluding hydrogens is 342 g/mol. The van der Waals surface area contributed by atoms with Gasteiger partial charge in [0.15, 0.2) is 5.84 Å². The Morgan fingerprint density at radius 1 is 1.36 bits per heavy atom. The summed E-state index contributed by atoms with van der Waals surface area (Å²) in [5.74, 6) is 0.476. The van der Waals surface area contributed by atoms with Crippen molar-refractivity contribution < 1.29 is 17.9 Å². The summed E-state index contributed by atoms with van der Waals surface area (Å²) in [6.07, 6.45) is 1.31. The summed E-state index contributed by atoms with van der Waals surface area (Å²) in [7, 11) is -3.64. The van der Waals surface area contributed by atoms with Gasteiger partial charge in [-0.15, -0.1) is 4.40 Å². The molecule has 0 spiro atoms. The molecule has 3 rings (SSSR count). The molecule has 2 heterocycles. The third kappa shape index (κ3) is 3.78. The fraction of sp³-hybridized carbons (Fsp3) is 0.529. The molecule has 2 aliphatic heterocycles. The maximum Gasteiger partial charge on any atom is 0.407 e. The van der Waals surface area contributed by atoms with Crippen LogP contribution in [0, 0.1) is 0 Å². The third-order valence-electron chi connectivity index (χ3n) is 4.14. The quantitative estimate of drug-likeness (QED) is 0.867. The summed E-state index contributed by atoms with van der Waals surface area (Å²) in [6, 6.07) is 6.84. The summed E-state index contributed by atoms with van der Waals surface area (Å²) in [4.78, 5) is 14.1. The third-order valence-corrected chi connectivity index (χ3v) is 5.47. The van der Waals surface area contributed by atoms with Gasteiger partial charge < -0.3 is 15.0 Å². The number of fused-ring (bicyclic) bond motifs is 1. The van der Waals surface area contributed by atoms with Gasteiger partial charge in [0.2, 0.25) is 0 Å². The van der Waals surface area contributed by atoms with Crippen LogP contribution in [0.2, 0.25) is 0 Å². The van der Waals surface area contributed by atoms with E-state index in [1.165, 1.54) is 0 Å². The monoisotopic (exact) mass is 365 g/mol. The Kier molecular flexibility index (Phi) is 4.49. The molecule has 1 amide bonds. The maximum atomic E-state index is 12.2. The molecular formula is C17H23N3O4S. The van der Waals surface area contributed by atoms with Crippen molar-refractivity contribution in [2.24, 2.45) is 4.40 Å². The summed E-state index contributed by atoms with van der Waals surface area (Å²) in [5, 5.41) is 2.77. The second-order valence-corrected chi connectivity index (χ2v) is 8.83. The molecule has 2 aliphatic rings. The van der Waals surface area contributed by atoms with E-state index in [1.54, 1.807) is 24.3 Å². The number of amidine groups is 1. The average Bonchev–Trinajstić information content (AvgIpc) is 3.06. The first-order chi connectivity index (χ1) is 11.7. The van der Waals surface area contributed by atoms with Gasteiger partial charge in [0.25, 0.3) is 10.0 Å². The van der Waals surface area contributed by atoms with Crippen LogP contribution in [0.15, 0.2) is 33.6 Å². The van der Waals surface area contributed by atoms with Crippen LogP contribution in [0.3, 0.4) is 0 Å². The Labute approximate surface area is 148 Å². The van der Waals surface area contributed by atoms with Crippen LogP contribution >= 0.6 is 0 Å². The lowest BCUT2D eigenvalue weighted by Crippen LogP contribution is -2.44.